The van der Waals surface area contributed by atoms with Gasteiger partial charge in [-0.25, -0.2) is 0 Å². The SMILES string of the molecule is CC(C)[Si](CCC(F)(F)C(F)(F)C(F)(F)C(F)(F)C(F)(F)C(F)(F)C(F)(F)C(F)(F)F)(OS(=O)(=O)C(F)(F)F)C(C)C. The number of hydrogen-bond donors (Lipinski definition) is 0. The zero-order chi connectivity index (χ0) is 34.8. The first-order valence-electron chi connectivity index (χ1n) is 10.5. The fourth-order valence-electron chi connectivity index (χ4n) is 3.44. The molecule has 0 aromatic heterocycles. The summed E-state index contributed by atoms with van der Waals surface area (Å²) in [4.78, 5) is 0. The zero-order valence-electron chi connectivity index (χ0n) is 20.8. The molecule has 0 heterocycles. The smallest absolute Gasteiger partial charge is 0.307 e. The van der Waals surface area contributed by atoms with E-state index in [9.17, 15) is 96.2 Å². The Labute approximate surface area is 223 Å². The molecule has 0 bridgehead atoms. The topological polar surface area (TPSA) is 43.4 Å². The molecular formula is C17H18F20O3SSi. The molecule has 0 radical (unpaired) electrons. The van der Waals surface area contributed by atoms with Gasteiger partial charge in [0.2, 0.25) is 8.32 Å². The predicted molar refractivity (Wildman–Crippen MR) is 102 cm³/mol. The Morgan fingerprint density at radius 3 is 1.07 bits per heavy atom. The van der Waals surface area contributed by atoms with Gasteiger partial charge in [-0.3, -0.25) is 0 Å². The lowest BCUT2D eigenvalue weighted by Crippen LogP contribution is -2.74. The lowest BCUT2D eigenvalue weighted by Gasteiger charge is -2.43. The van der Waals surface area contributed by atoms with Crippen molar-refractivity contribution in [2.75, 3.05) is 0 Å². The molecule has 0 atom stereocenters. The van der Waals surface area contributed by atoms with Crippen LogP contribution in [0.3, 0.4) is 0 Å². The van der Waals surface area contributed by atoms with E-state index < -0.39 is 95.1 Å². The van der Waals surface area contributed by atoms with Crippen LogP contribution in [0.5, 0.6) is 0 Å². The van der Waals surface area contributed by atoms with Gasteiger partial charge in [-0.2, -0.15) is 96.2 Å². The molecule has 0 fully saturated rings. The first-order chi connectivity index (χ1) is 17.8. The molecule has 0 rings (SSSR count). The zero-order valence-corrected chi connectivity index (χ0v) is 22.6. The van der Waals surface area contributed by atoms with E-state index >= 15 is 0 Å². The van der Waals surface area contributed by atoms with Crippen molar-refractivity contribution in [1.29, 1.82) is 0 Å². The van der Waals surface area contributed by atoms with Gasteiger partial charge in [0.15, 0.2) is 0 Å². The van der Waals surface area contributed by atoms with Crippen molar-refractivity contribution in [1.82, 2.24) is 0 Å². The number of alkyl halides is 20. The van der Waals surface area contributed by atoms with E-state index in [1.165, 1.54) is 0 Å². The van der Waals surface area contributed by atoms with Crippen LogP contribution in [-0.2, 0) is 14.0 Å². The van der Waals surface area contributed by atoms with E-state index in [1.54, 1.807) is 0 Å². The minimum Gasteiger partial charge on any atom is -0.307 e. The molecule has 0 saturated heterocycles. The van der Waals surface area contributed by atoms with E-state index in [0.29, 0.717) is 0 Å². The largest absolute Gasteiger partial charge is 0.522 e. The fourth-order valence-corrected chi connectivity index (χ4v) is 10.5. The molecule has 42 heavy (non-hydrogen) atoms. The molecule has 254 valence electrons. The molecule has 0 unspecified atom stereocenters. The third-order valence-corrected chi connectivity index (χ3v) is 13.7. The molecule has 0 amide bonds. The van der Waals surface area contributed by atoms with Crippen LogP contribution < -0.4 is 0 Å². The summed E-state index contributed by atoms with van der Waals surface area (Å²) in [6.07, 6.45) is -11.0. The average Bonchev–Trinajstić information content (AvgIpc) is 2.73. The van der Waals surface area contributed by atoms with Crippen molar-refractivity contribution in [2.45, 2.75) is 104 Å². The maximum absolute atomic E-state index is 14.3. The normalized spacial score (nSPS) is 16.5. The molecule has 0 saturated carbocycles. The molecule has 0 aliphatic rings. The molecule has 3 nitrogen and oxygen atoms in total. The van der Waals surface area contributed by atoms with Gasteiger partial charge in [0.05, 0.1) is 0 Å². The Morgan fingerprint density at radius 2 is 0.810 bits per heavy atom. The average molecular weight is 710 g/mol. The maximum Gasteiger partial charge on any atom is 0.522 e. The van der Waals surface area contributed by atoms with Crippen LogP contribution in [0.4, 0.5) is 87.8 Å². The van der Waals surface area contributed by atoms with Gasteiger partial charge >= 0.3 is 63.3 Å². The second kappa shape index (κ2) is 11.0. The number of halogens is 20. The summed E-state index contributed by atoms with van der Waals surface area (Å²) in [6.45, 7) is 3.06. The number of hydrogen-bond acceptors (Lipinski definition) is 3. The summed E-state index contributed by atoms with van der Waals surface area (Å²) < 4.78 is 294. The summed E-state index contributed by atoms with van der Waals surface area (Å²) in [5.41, 5.74) is -9.55. The molecule has 0 aromatic rings. The molecule has 0 N–H and O–H groups in total. The summed E-state index contributed by atoms with van der Waals surface area (Å²) in [7, 11) is -11.9. The van der Waals surface area contributed by atoms with Crippen LogP contribution >= 0.6 is 0 Å². The Kier molecular flexibility index (Phi) is 10.6. The van der Waals surface area contributed by atoms with E-state index in [1.807, 2.05) is 0 Å². The minimum atomic E-state index is -8.83. The Hall–Kier alpha value is -1.27. The minimum absolute atomic E-state index is 0.765. The van der Waals surface area contributed by atoms with Crippen molar-refractivity contribution < 1.29 is 100 Å². The van der Waals surface area contributed by atoms with Gasteiger partial charge in [-0.05, 0) is 17.1 Å². The van der Waals surface area contributed by atoms with E-state index in [2.05, 4.69) is 3.87 Å². The summed E-state index contributed by atoms with van der Waals surface area (Å²) in [5.74, 6) is -58.2. The summed E-state index contributed by atoms with van der Waals surface area (Å²) in [5, 5.41) is 0. The van der Waals surface area contributed by atoms with Gasteiger partial charge in [0.1, 0.15) is 0 Å². The highest BCUT2D eigenvalue weighted by Gasteiger charge is 2.95. The maximum atomic E-state index is 14.3. The fraction of sp³-hybridized carbons (Fsp3) is 1.00. The second-order valence-electron chi connectivity index (χ2n) is 9.40. The van der Waals surface area contributed by atoms with Crippen molar-refractivity contribution >= 4 is 18.4 Å². The Bertz CT molecular complexity index is 1050. The van der Waals surface area contributed by atoms with Crippen molar-refractivity contribution in [3.63, 3.8) is 0 Å². The molecule has 0 aliphatic heterocycles. The van der Waals surface area contributed by atoms with Crippen molar-refractivity contribution in [2.24, 2.45) is 0 Å². The van der Waals surface area contributed by atoms with Crippen LogP contribution in [0.15, 0.2) is 0 Å². The summed E-state index contributed by atoms with van der Waals surface area (Å²) in [6, 6.07) is -2.08. The lowest BCUT2D eigenvalue weighted by molar-refractivity contribution is -0.461. The third-order valence-electron chi connectivity index (χ3n) is 6.12. The highest BCUT2D eigenvalue weighted by atomic mass is 32.2. The molecule has 0 aromatic carbocycles. The third kappa shape index (κ3) is 6.02. The summed E-state index contributed by atoms with van der Waals surface area (Å²) >= 11 is 0. The molecule has 0 spiro atoms. The molecule has 0 aliphatic carbocycles. The van der Waals surface area contributed by atoms with E-state index in [-0.39, 0.29) is 0 Å². The van der Waals surface area contributed by atoms with Crippen LogP contribution in [0.25, 0.3) is 0 Å². The highest BCUT2D eigenvalue weighted by molar-refractivity contribution is 7.88. The molecular weight excluding hydrogens is 692 g/mol. The van der Waals surface area contributed by atoms with Gasteiger partial charge in [-0.1, -0.05) is 27.7 Å². The van der Waals surface area contributed by atoms with Crippen LogP contribution in [0.2, 0.25) is 17.1 Å². The monoisotopic (exact) mass is 710 g/mol. The molecule has 25 heteroatoms. The van der Waals surface area contributed by atoms with E-state index in [0.717, 1.165) is 27.7 Å². The first kappa shape index (κ1) is 40.7. The lowest BCUT2D eigenvalue weighted by atomic mass is 9.88. The van der Waals surface area contributed by atoms with Gasteiger partial charge < -0.3 is 3.87 Å². The van der Waals surface area contributed by atoms with E-state index in [4.69, 9.17) is 0 Å². The van der Waals surface area contributed by atoms with Gasteiger partial charge in [-0.15, -0.1) is 0 Å². The van der Waals surface area contributed by atoms with Gasteiger partial charge in [0.25, 0.3) is 0 Å². The Balaban J connectivity index is 6.91. The van der Waals surface area contributed by atoms with Crippen LogP contribution in [0, 0.1) is 0 Å². The van der Waals surface area contributed by atoms with Crippen molar-refractivity contribution in [3.8, 4) is 0 Å². The van der Waals surface area contributed by atoms with Crippen LogP contribution in [0.1, 0.15) is 34.1 Å². The number of rotatable bonds is 13. The Morgan fingerprint density at radius 1 is 0.524 bits per heavy atom. The van der Waals surface area contributed by atoms with Crippen molar-refractivity contribution in [3.05, 3.63) is 0 Å². The first-order valence-corrected chi connectivity index (χ1v) is 14.2. The standard InChI is InChI=1S/C17H18F20O3SSi/c1-7(2)42(8(3)4,40-41(38,39)17(35,36)37)6-5-9(18,19)10(20,21)11(22,23)12(24,25)13(26,27)14(28,29)15(30,31)16(32,33)34/h7-8H,5-6H2,1-4H3. The quantitative estimate of drug-likeness (QED) is 0.109. The highest BCUT2D eigenvalue weighted by Crippen LogP contribution is 2.64. The second-order valence-corrected chi connectivity index (χ2v) is 16.2. The predicted octanol–water partition coefficient (Wildman–Crippen LogP) is 9.02. The van der Waals surface area contributed by atoms with Gasteiger partial charge in [0, 0.05) is 6.42 Å². The van der Waals surface area contributed by atoms with Crippen LogP contribution in [-0.4, -0.2) is 69.9 Å².